The van der Waals surface area contributed by atoms with Gasteiger partial charge in [0.15, 0.2) is 5.96 Å². The highest BCUT2D eigenvalue weighted by molar-refractivity contribution is 14.0. The predicted molar refractivity (Wildman–Crippen MR) is 123 cm³/mol. The Hall–Kier alpha value is -1.31. The zero-order valence-electron chi connectivity index (χ0n) is 16.3. The van der Waals surface area contributed by atoms with Crippen LogP contribution in [-0.2, 0) is 4.79 Å². The fourth-order valence-electron chi connectivity index (χ4n) is 4.10. The van der Waals surface area contributed by atoms with Gasteiger partial charge in [0, 0.05) is 31.1 Å². The molecular formula is C21H33IN4O. The fourth-order valence-corrected chi connectivity index (χ4v) is 4.10. The molecule has 1 heterocycles. The number of hydrogen-bond acceptors (Lipinski definition) is 2. The highest BCUT2D eigenvalue weighted by atomic mass is 127. The van der Waals surface area contributed by atoms with E-state index in [0.29, 0.717) is 13.0 Å². The first kappa shape index (κ1) is 22.0. The summed E-state index contributed by atoms with van der Waals surface area (Å²) >= 11 is 0. The first-order valence-corrected chi connectivity index (χ1v) is 10.2. The van der Waals surface area contributed by atoms with Crippen molar-refractivity contribution in [2.24, 2.45) is 10.9 Å². The standard InChI is InChI=1S/C21H32N4O.HI/c1-2-22-21(23-13-7-10-16-8-3-4-9-16)24-15-17-14-20(26)25-19-12-6-5-11-18(17)19;/h5-6,11-12,16-17H,2-4,7-10,13-15H2,1H3,(H,25,26)(H2,22,23,24);1H. The lowest BCUT2D eigenvalue weighted by Crippen LogP contribution is -2.38. The number of carbonyl (C=O) groups is 1. The van der Waals surface area contributed by atoms with Gasteiger partial charge in [-0.15, -0.1) is 24.0 Å². The summed E-state index contributed by atoms with van der Waals surface area (Å²) in [7, 11) is 0. The molecule has 0 saturated heterocycles. The third kappa shape index (κ3) is 6.66. The molecule has 0 aromatic heterocycles. The van der Waals surface area contributed by atoms with Crippen molar-refractivity contribution >= 4 is 41.5 Å². The average molecular weight is 484 g/mol. The van der Waals surface area contributed by atoms with Gasteiger partial charge in [0.05, 0.1) is 6.54 Å². The van der Waals surface area contributed by atoms with Gasteiger partial charge in [-0.2, -0.15) is 0 Å². The van der Waals surface area contributed by atoms with Crippen LogP contribution in [0.1, 0.15) is 63.4 Å². The maximum absolute atomic E-state index is 12.0. The number of para-hydroxylation sites is 1. The first-order valence-electron chi connectivity index (χ1n) is 10.2. The van der Waals surface area contributed by atoms with Crippen LogP contribution in [0.2, 0.25) is 0 Å². The molecule has 1 aromatic rings. The molecule has 1 amide bonds. The van der Waals surface area contributed by atoms with Gasteiger partial charge in [-0.3, -0.25) is 9.79 Å². The zero-order chi connectivity index (χ0) is 18.2. The molecule has 5 nitrogen and oxygen atoms in total. The molecule has 3 N–H and O–H groups in total. The summed E-state index contributed by atoms with van der Waals surface area (Å²) < 4.78 is 0. The van der Waals surface area contributed by atoms with Gasteiger partial charge in [0.2, 0.25) is 5.91 Å². The minimum Gasteiger partial charge on any atom is -0.357 e. The Labute approximate surface area is 180 Å². The van der Waals surface area contributed by atoms with Crippen molar-refractivity contribution in [2.75, 3.05) is 25.0 Å². The number of halogens is 1. The molecule has 1 fully saturated rings. The van der Waals surface area contributed by atoms with Crippen LogP contribution in [0, 0.1) is 5.92 Å². The van der Waals surface area contributed by atoms with Crippen LogP contribution >= 0.6 is 24.0 Å². The summed E-state index contributed by atoms with van der Waals surface area (Å²) in [5.41, 5.74) is 2.12. The van der Waals surface area contributed by atoms with Crippen molar-refractivity contribution in [2.45, 2.75) is 57.8 Å². The van der Waals surface area contributed by atoms with Crippen LogP contribution < -0.4 is 16.0 Å². The van der Waals surface area contributed by atoms with Crippen molar-refractivity contribution in [1.29, 1.82) is 0 Å². The fraction of sp³-hybridized carbons (Fsp3) is 0.619. The number of fused-ring (bicyclic) bond motifs is 1. The molecular weight excluding hydrogens is 451 g/mol. The van der Waals surface area contributed by atoms with E-state index in [-0.39, 0.29) is 35.8 Å². The van der Waals surface area contributed by atoms with E-state index in [1.807, 2.05) is 18.2 Å². The number of rotatable bonds is 7. The molecule has 0 bridgehead atoms. The monoisotopic (exact) mass is 484 g/mol. The number of hydrogen-bond donors (Lipinski definition) is 3. The summed E-state index contributed by atoms with van der Waals surface area (Å²) in [6, 6.07) is 8.05. The third-order valence-electron chi connectivity index (χ3n) is 5.48. The molecule has 3 rings (SSSR count). The van der Waals surface area contributed by atoms with Crippen LogP contribution in [0.25, 0.3) is 0 Å². The van der Waals surface area contributed by atoms with E-state index in [1.165, 1.54) is 44.1 Å². The van der Waals surface area contributed by atoms with Crippen molar-refractivity contribution in [3.8, 4) is 0 Å². The van der Waals surface area contributed by atoms with E-state index in [4.69, 9.17) is 4.99 Å². The van der Waals surface area contributed by atoms with Gasteiger partial charge in [0.1, 0.15) is 0 Å². The molecule has 27 heavy (non-hydrogen) atoms. The molecule has 1 unspecified atom stereocenters. The lowest BCUT2D eigenvalue weighted by atomic mass is 9.91. The van der Waals surface area contributed by atoms with Gasteiger partial charge >= 0.3 is 0 Å². The summed E-state index contributed by atoms with van der Waals surface area (Å²) in [5.74, 6) is 2.03. The summed E-state index contributed by atoms with van der Waals surface area (Å²) in [4.78, 5) is 16.7. The van der Waals surface area contributed by atoms with E-state index in [0.717, 1.165) is 30.7 Å². The average Bonchev–Trinajstić information content (AvgIpc) is 3.16. The minimum absolute atomic E-state index is 0. The van der Waals surface area contributed by atoms with E-state index < -0.39 is 0 Å². The SMILES string of the molecule is CCNC(=NCC1CC(=O)Nc2ccccc21)NCCCC1CCCC1.I. The van der Waals surface area contributed by atoms with Crippen LogP contribution in [-0.4, -0.2) is 31.5 Å². The van der Waals surface area contributed by atoms with E-state index in [9.17, 15) is 4.79 Å². The topological polar surface area (TPSA) is 65.5 Å². The van der Waals surface area contributed by atoms with Crippen LogP contribution in [0.5, 0.6) is 0 Å². The largest absolute Gasteiger partial charge is 0.357 e. The van der Waals surface area contributed by atoms with Crippen molar-refractivity contribution in [1.82, 2.24) is 10.6 Å². The second-order valence-electron chi connectivity index (χ2n) is 7.48. The lowest BCUT2D eigenvalue weighted by Gasteiger charge is -2.24. The lowest BCUT2D eigenvalue weighted by molar-refractivity contribution is -0.116. The Balaban J connectivity index is 0.00000261. The number of anilines is 1. The molecule has 1 aliphatic heterocycles. The zero-order valence-corrected chi connectivity index (χ0v) is 18.6. The Kier molecular flexibility index (Phi) is 9.38. The molecule has 0 radical (unpaired) electrons. The maximum Gasteiger partial charge on any atom is 0.225 e. The van der Waals surface area contributed by atoms with E-state index in [1.54, 1.807) is 0 Å². The molecule has 1 saturated carbocycles. The molecule has 150 valence electrons. The number of guanidine groups is 1. The molecule has 1 aliphatic carbocycles. The highest BCUT2D eigenvalue weighted by Crippen LogP contribution is 2.32. The molecule has 1 aromatic carbocycles. The van der Waals surface area contributed by atoms with E-state index in [2.05, 4.69) is 28.9 Å². The van der Waals surface area contributed by atoms with Crippen molar-refractivity contribution in [3.05, 3.63) is 29.8 Å². The second kappa shape index (κ2) is 11.5. The summed E-state index contributed by atoms with van der Waals surface area (Å²) in [6.07, 6.45) is 8.68. The smallest absolute Gasteiger partial charge is 0.225 e. The Morgan fingerprint density at radius 1 is 1.22 bits per heavy atom. The molecule has 2 aliphatic rings. The number of carbonyl (C=O) groups excluding carboxylic acids is 1. The number of amides is 1. The first-order chi connectivity index (χ1) is 12.8. The Bertz CT molecular complexity index is 628. The maximum atomic E-state index is 12.0. The van der Waals surface area contributed by atoms with Crippen LogP contribution in [0.3, 0.4) is 0 Å². The highest BCUT2D eigenvalue weighted by Gasteiger charge is 2.24. The van der Waals surface area contributed by atoms with E-state index >= 15 is 0 Å². The van der Waals surface area contributed by atoms with Crippen LogP contribution in [0.4, 0.5) is 5.69 Å². The summed E-state index contributed by atoms with van der Waals surface area (Å²) in [5, 5.41) is 9.73. The van der Waals surface area contributed by atoms with Gasteiger partial charge in [0.25, 0.3) is 0 Å². The molecule has 0 spiro atoms. The number of nitrogens with one attached hydrogen (secondary N) is 3. The molecule has 6 heteroatoms. The summed E-state index contributed by atoms with van der Waals surface area (Å²) in [6.45, 7) is 4.52. The second-order valence-corrected chi connectivity index (χ2v) is 7.48. The van der Waals surface area contributed by atoms with Gasteiger partial charge in [-0.25, -0.2) is 0 Å². The Morgan fingerprint density at radius 2 is 2.00 bits per heavy atom. The molecule has 1 atom stereocenters. The quantitative estimate of drug-likeness (QED) is 0.235. The van der Waals surface area contributed by atoms with Gasteiger partial charge < -0.3 is 16.0 Å². The van der Waals surface area contributed by atoms with Crippen molar-refractivity contribution < 1.29 is 4.79 Å². The van der Waals surface area contributed by atoms with Gasteiger partial charge in [-0.05, 0) is 37.3 Å². The van der Waals surface area contributed by atoms with Crippen molar-refractivity contribution in [3.63, 3.8) is 0 Å². The Morgan fingerprint density at radius 3 is 2.78 bits per heavy atom. The normalized spacial score (nSPS) is 19.8. The number of benzene rings is 1. The number of nitrogens with zero attached hydrogens (tertiary/aromatic N) is 1. The predicted octanol–water partition coefficient (Wildman–Crippen LogP) is 4.26. The minimum atomic E-state index is 0. The van der Waals surface area contributed by atoms with Gasteiger partial charge in [-0.1, -0.05) is 43.9 Å². The number of aliphatic imine (C=N–C) groups is 1. The van der Waals surface area contributed by atoms with Crippen LogP contribution in [0.15, 0.2) is 29.3 Å². The third-order valence-corrected chi connectivity index (χ3v) is 5.48.